The van der Waals surface area contributed by atoms with E-state index >= 15 is 0 Å². The molecular weight excluding hydrogens is 425 g/mol. The molecular formula is C17H21Cl2N5O3S. The van der Waals surface area contributed by atoms with Gasteiger partial charge in [0, 0.05) is 31.9 Å². The molecule has 11 heteroatoms. The minimum absolute atomic E-state index is 0.209. The maximum absolute atomic E-state index is 13.0. The zero-order valence-corrected chi connectivity index (χ0v) is 17.8. The van der Waals surface area contributed by atoms with E-state index in [4.69, 9.17) is 23.2 Å². The van der Waals surface area contributed by atoms with Crippen LogP contribution in [0.3, 0.4) is 0 Å². The van der Waals surface area contributed by atoms with Crippen LogP contribution in [0.2, 0.25) is 10.0 Å². The first-order valence-corrected chi connectivity index (χ1v) is 10.9. The summed E-state index contributed by atoms with van der Waals surface area (Å²) in [6.45, 7) is 4.61. The lowest BCUT2D eigenvalue weighted by Gasteiger charge is -2.22. The number of benzene rings is 1. The van der Waals surface area contributed by atoms with Crippen molar-refractivity contribution in [3.8, 4) is 0 Å². The largest absolute Gasteiger partial charge is 0.323 e. The predicted octanol–water partition coefficient (Wildman–Crippen LogP) is 3.26. The summed E-state index contributed by atoms with van der Waals surface area (Å²) in [6.07, 6.45) is 0.532. The zero-order chi connectivity index (χ0) is 20.5. The average Bonchev–Trinajstić information content (AvgIpc) is 2.84. The van der Waals surface area contributed by atoms with E-state index in [0.29, 0.717) is 46.6 Å². The second kappa shape index (κ2) is 8.28. The molecule has 2 amide bonds. The number of rotatable bonds is 3. The van der Waals surface area contributed by atoms with Gasteiger partial charge in [-0.05, 0) is 38.5 Å². The number of anilines is 1. The van der Waals surface area contributed by atoms with Crippen LogP contribution in [0.4, 0.5) is 10.5 Å². The van der Waals surface area contributed by atoms with Gasteiger partial charge in [-0.15, -0.1) is 0 Å². The molecule has 3 rings (SSSR count). The molecule has 8 nitrogen and oxygen atoms in total. The fourth-order valence-electron chi connectivity index (χ4n) is 3.16. The molecule has 1 aliphatic heterocycles. The molecule has 0 atom stereocenters. The van der Waals surface area contributed by atoms with E-state index in [0.717, 1.165) is 0 Å². The Kier molecular flexibility index (Phi) is 6.18. The number of H-pyrrole nitrogens is 1. The van der Waals surface area contributed by atoms with Crippen molar-refractivity contribution in [2.75, 3.05) is 31.5 Å². The standard InChI is InChI=1S/C17H21Cl2N5O3S/c1-11-16(12(2)22-21-11)28(26,27)24-7-3-6-23(8-9-24)17(25)20-13-4-5-14(18)15(19)10-13/h4-5,10H,3,6-9H2,1-2H3,(H,20,25)(H,21,22). The number of amides is 2. The van der Waals surface area contributed by atoms with Gasteiger partial charge in [0.1, 0.15) is 4.90 Å². The van der Waals surface area contributed by atoms with Crippen molar-refractivity contribution in [1.29, 1.82) is 0 Å². The zero-order valence-electron chi connectivity index (χ0n) is 15.5. The van der Waals surface area contributed by atoms with Crippen molar-refractivity contribution in [3.63, 3.8) is 0 Å². The molecule has 1 aliphatic rings. The number of aromatic nitrogens is 2. The summed E-state index contributed by atoms with van der Waals surface area (Å²) < 4.78 is 27.4. The molecule has 0 saturated carbocycles. The normalized spacial score (nSPS) is 16.1. The Morgan fingerprint density at radius 3 is 2.54 bits per heavy atom. The first-order chi connectivity index (χ1) is 13.2. The predicted molar refractivity (Wildman–Crippen MR) is 108 cm³/mol. The summed E-state index contributed by atoms with van der Waals surface area (Å²) in [4.78, 5) is 14.4. The summed E-state index contributed by atoms with van der Waals surface area (Å²) in [7, 11) is -3.67. The Bertz CT molecular complexity index is 973. The molecule has 1 fully saturated rings. The van der Waals surface area contributed by atoms with Crippen LogP contribution in [0.1, 0.15) is 17.8 Å². The van der Waals surface area contributed by atoms with Crippen LogP contribution in [0.15, 0.2) is 23.1 Å². The molecule has 2 N–H and O–H groups in total. The molecule has 1 aromatic carbocycles. The lowest BCUT2D eigenvalue weighted by atomic mass is 10.3. The van der Waals surface area contributed by atoms with Gasteiger partial charge in [-0.1, -0.05) is 23.2 Å². The maximum Gasteiger partial charge on any atom is 0.321 e. The van der Waals surface area contributed by atoms with Crippen LogP contribution in [0, 0.1) is 13.8 Å². The lowest BCUT2D eigenvalue weighted by molar-refractivity contribution is 0.214. The number of aryl methyl sites for hydroxylation is 2. The van der Waals surface area contributed by atoms with Gasteiger partial charge in [0.2, 0.25) is 10.0 Å². The van der Waals surface area contributed by atoms with Crippen LogP contribution in [-0.4, -0.2) is 60.0 Å². The number of hydrogen-bond donors (Lipinski definition) is 2. The number of hydrogen-bond acceptors (Lipinski definition) is 4. The van der Waals surface area contributed by atoms with Crippen molar-refractivity contribution in [1.82, 2.24) is 19.4 Å². The number of halogens is 2. The average molecular weight is 446 g/mol. The number of sulfonamides is 1. The van der Waals surface area contributed by atoms with E-state index < -0.39 is 10.0 Å². The molecule has 1 aromatic heterocycles. The van der Waals surface area contributed by atoms with Crippen LogP contribution < -0.4 is 5.32 Å². The molecule has 152 valence electrons. The van der Waals surface area contributed by atoms with Crippen molar-refractivity contribution in [2.45, 2.75) is 25.2 Å². The summed E-state index contributed by atoms with van der Waals surface area (Å²) in [6, 6.07) is 4.52. The minimum atomic E-state index is -3.67. The highest BCUT2D eigenvalue weighted by Crippen LogP contribution is 2.26. The Morgan fingerprint density at radius 2 is 1.89 bits per heavy atom. The van der Waals surface area contributed by atoms with Gasteiger partial charge in [-0.25, -0.2) is 13.2 Å². The van der Waals surface area contributed by atoms with E-state index in [1.54, 1.807) is 36.9 Å². The summed E-state index contributed by atoms with van der Waals surface area (Å²) in [5.41, 5.74) is 1.48. The van der Waals surface area contributed by atoms with Crippen molar-refractivity contribution >= 4 is 44.9 Å². The van der Waals surface area contributed by atoms with Gasteiger partial charge in [-0.2, -0.15) is 9.40 Å². The lowest BCUT2D eigenvalue weighted by Crippen LogP contribution is -2.39. The monoisotopic (exact) mass is 445 g/mol. The Balaban J connectivity index is 1.69. The summed E-state index contributed by atoms with van der Waals surface area (Å²) >= 11 is 11.9. The van der Waals surface area contributed by atoms with Gasteiger partial charge in [0.25, 0.3) is 0 Å². The second-order valence-electron chi connectivity index (χ2n) is 6.57. The fourth-order valence-corrected chi connectivity index (χ4v) is 5.26. The van der Waals surface area contributed by atoms with Gasteiger partial charge >= 0.3 is 6.03 Å². The number of carbonyl (C=O) groups excluding carboxylic acids is 1. The van der Waals surface area contributed by atoms with Crippen LogP contribution in [0.25, 0.3) is 0 Å². The van der Waals surface area contributed by atoms with E-state index in [-0.39, 0.29) is 24.0 Å². The molecule has 1 saturated heterocycles. The van der Waals surface area contributed by atoms with E-state index in [1.165, 1.54) is 4.31 Å². The minimum Gasteiger partial charge on any atom is -0.323 e. The van der Waals surface area contributed by atoms with E-state index in [1.807, 2.05) is 0 Å². The molecule has 2 heterocycles. The summed E-state index contributed by atoms with van der Waals surface area (Å²) in [5, 5.41) is 10.2. The third kappa shape index (κ3) is 4.27. The highest BCUT2D eigenvalue weighted by molar-refractivity contribution is 7.89. The molecule has 0 aliphatic carbocycles. The SMILES string of the molecule is Cc1n[nH]c(C)c1S(=O)(=O)N1CCCN(C(=O)Nc2ccc(Cl)c(Cl)c2)CC1. The second-order valence-corrected chi connectivity index (χ2v) is 9.26. The molecule has 0 bridgehead atoms. The van der Waals surface area contributed by atoms with Gasteiger partial charge in [0.15, 0.2) is 0 Å². The third-order valence-electron chi connectivity index (χ3n) is 4.57. The number of carbonyl (C=O) groups is 1. The first kappa shape index (κ1) is 20.9. The molecule has 0 unspecified atom stereocenters. The van der Waals surface area contributed by atoms with Crippen LogP contribution >= 0.6 is 23.2 Å². The molecule has 0 radical (unpaired) electrons. The highest BCUT2D eigenvalue weighted by atomic mass is 35.5. The van der Waals surface area contributed by atoms with E-state index in [2.05, 4.69) is 15.5 Å². The number of aromatic amines is 1. The Hall–Kier alpha value is -1.81. The third-order valence-corrected chi connectivity index (χ3v) is 7.47. The molecule has 2 aromatic rings. The van der Waals surface area contributed by atoms with Crippen molar-refractivity contribution < 1.29 is 13.2 Å². The quantitative estimate of drug-likeness (QED) is 0.756. The maximum atomic E-state index is 13.0. The number of nitrogens with one attached hydrogen (secondary N) is 2. The van der Waals surface area contributed by atoms with E-state index in [9.17, 15) is 13.2 Å². The fraction of sp³-hybridized carbons (Fsp3) is 0.412. The molecule has 0 spiro atoms. The van der Waals surface area contributed by atoms with Crippen molar-refractivity contribution in [2.24, 2.45) is 0 Å². The topological polar surface area (TPSA) is 98.4 Å². The highest BCUT2D eigenvalue weighted by Gasteiger charge is 2.31. The molecule has 28 heavy (non-hydrogen) atoms. The van der Waals surface area contributed by atoms with Crippen molar-refractivity contribution in [3.05, 3.63) is 39.6 Å². The Morgan fingerprint density at radius 1 is 1.14 bits per heavy atom. The van der Waals surface area contributed by atoms with Crippen LogP contribution in [0.5, 0.6) is 0 Å². The Labute approximate surface area is 173 Å². The summed E-state index contributed by atoms with van der Waals surface area (Å²) in [5.74, 6) is 0. The number of nitrogens with zero attached hydrogens (tertiary/aromatic N) is 3. The van der Waals surface area contributed by atoms with Gasteiger partial charge in [0.05, 0.1) is 21.4 Å². The van der Waals surface area contributed by atoms with Gasteiger partial charge in [-0.3, -0.25) is 5.10 Å². The van der Waals surface area contributed by atoms with Crippen LogP contribution in [-0.2, 0) is 10.0 Å². The smallest absolute Gasteiger partial charge is 0.321 e. The van der Waals surface area contributed by atoms with Gasteiger partial charge < -0.3 is 10.2 Å². The first-order valence-electron chi connectivity index (χ1n) is 8.73. The number of urea groups is 1.